The van der Waals surface area contributed by atoms with Crippen molar-refractivity contribution in [3.05, 3.63) is 28.8 Å². The zero-order valence-corrected chi connectivity index (χ0v) is 11.0. The van der Waals surface area contributed by atoms with E-state index in [-0.39, 0.29) is 12.7 Å². The van der Waals surface area contributed by atoms with Crippen LogP contribution in [-0.4, -0.2) is 24.4 Å². The molecule has 2 N–H and O–H groups in total. The van der Waals surface area contributed by atoms with E-state index in [1.165, 1.54) is 5.56 Å². The zero-order chi connectivity index (χ0) is 12.5. The fourth-order valence-electron chi connectivity index (χ4n) is 3.14. The Bertz CT molecular complexity index is 438. The van der Waals surface area contributed by atoms with Gasteiger partial charge in [0.25, 0.3) is 0 Å². The molecule has 4 heteroatoms. The molecule has 0 bridgehead atoms. The summed E-state index contributed by atoms with van der Waals surface area (Å²) in [7, 11) is 0. The Kier molecular flexibility index (Phi) is 3.46. The summed E-state index contributed by atoms with van der Waals surface area (Å²) in [5.74, 6) is 0.502. The molecular weight excluding hydrogens is 250 g/mol. The first-order valence-corrected chi connectivity index (χ1v) is 6.96. The van der Waals surface area contributed by atoms with Crippen LogP contribution in [0.5, 0.6) is 0 Å². The van der Waals surface area contributed by atoms with Gasteiger partial charge < -0.3 is 15.2 Å². The van der Waals surface area contributed by atoms with Crippen LogP contribution < -0.4 is 5.32 Å². The molecule has 3 rings (SSSR count). The topological polar surface area (TPSA) is 41.5 Å². The van der Waals surface area contributed by atoms with Crippen molar-refractivity contribution in [3.63, 3.8) is 0 Å². The molecule has 0 radical (unpaired) electrons. The van der Waals surface area contributed by atoms with Crippen molar-refractivity contribution in [1.82, 2.24) is 0 Å². The van der Waals surface area contributed by atoms with Crippen molar-refractivity contribution in [2.24, 2.45) is 5.92 Å². The van der Waals surface area contributed by atoms with Crippen LogP contribution >= 0.6 is 11.6 Å². The van der Waals surface area contributed by atoms with Gasteiger partial charge in [-0.1, -0.05) is 11.6 Å². The van der Waals surface area contributed by atoms with Crippen molar-refractivity contribution in [3.8, 4) is 0 Å². The average molecular weight is 268 g/mol. The van der Waals surface area contributed by atoms with Crippen molar-refractivity contribution in [2.75, 3.05) is 18.5 Å². The number of fused-ring (bicyclic) bond motifs is 3. The minimum absolute atomic E-state index is 0.170. The van der Waals surface area contributed by atoms with Crippen LogP contribution in [0.4, 0.5) is 5.69 Å². The number of aliphatic hydroxyl groups is 1. The number of hydrogen-bond donors (Lipinski definition) is 2. The second-order valence-corrected chi connectivity index (χ2v) is 5.53. The van der Waals surface area contributed by atoms with Gasteiger partial charge in [-0.05, 0) is 37.5 Å². The molecule has 3 nitrogen and oxygen atoms in total. The van der Waals surface area contributed by atoms with Crippen LogP contribution in [0.25, 0.3) is 0 Å². The predicted octanol–water partition coefficient (Wildman–Crippen LogP) is 2.98. The van der Waals surface area contributed by atoms with Crippen LogP contribution in [0.2, 0.25) is 5.02 Å². The zero-order valence-electron chi connectivity index (χ0n) is 10.2. The Balaban J connectivity index is 1.89. The number of anilines is 1. The molecule has 0 unspecified atom stereocenters. The van der Waals surface area contributed by atoms with E-state index >= 15 is 0 Å². The molecule has 18 heavy (non-hydrogen) atoms. The van der Waals surface area contributed by atoms with Gasteiger partial charge >= 0.3 is 0 Å². The quantitative estimate of drug-likeness (QED) is 0.885. The predicted molar refractivity (Wildman–Crippen MR) is 72.0 cm³/mol. The minimum Gasteiger partial charge on any atom is -0.396 e. The molecule has 2 heterocycles. The number of halogens is 1. The van der Waals surface area contributed by atoms with Gasteiger partial charge in [0.1, 0.15) is 0 Å². The Morgan fingerprint density at radius 3 is 3.17 bits per heavy atom. The molecule has 98 valence electrons. The monoisotopic (exact) mass is 267 g/mol. The number of nitrogens with one attached hydrogen (secondary N) is 1. The summed E-state index contributed by atoms with van der Waals surface area (Å²) in [5, 5.41) is 13.3. The molecule has 0 saturated carbocycles. The number of hydrogen-bond acceptors (Lipinski definition) is 3. The van der Waals surface area contributed by atoms with Crippen molar-refractivity contribution in [1.29, 1.82) is 0 Å². The Morgan fingerprint density at radius 1 is 1.44 bits per heavy atom. The van der Waals surface area contributed by atoms with E-state index in [2.05, 4.69) is 5.32 Å². The molecule has 3 atom stereocenters. The minimum atomic E-state index is 0.170. The van der Waals surface area contributed by atoms with E-state index in [9.17, 15) is 0 Å². The van der Waals surface area contributed by atoms with Crippen LogP contribution in [0.15, 0.2) is 18.2 Å². The van der Waals surface area contributed by atoms with Crippen molar-refractivity contribution < 1.29 is 9.84 Å². The van der Waals surface area contributed by atoms with Crippen LogP contribution in [0, 0.1) is 5.92 Å². The highest BCUT2D eigenvalue weighted by Crippen LogP contribution is 2.46. The third-order valence-electron chi connectivity index (χ3n) is 3.99. The lowest BCUT2D eigenvalue weighted by Crippen LogP contribution is -2.36. The van der Waals surface area contributed by atoms with Crippen molar-refractivity contribution >= 4 is 17.3 Å². The van der Waals surface area contributed by atoms with Gasteiger partial charge in [-0.2, -0.15) is 0 Å². The molecular formula is C14H18ClNO2. The van der Waals surface area contributed by atoms with Gasteiger partial charge in [0.05, 0.1) is 6.10 Å². The van der Waals surface area contributed by atoms with E-state index in [0.717, 1.165) is 36.6 Å². The van der Waals surface area contributed by atoms with Crippen LogP contribution in [0.3, 0.4) is 0 Å². The van der Waals surface area contributed by atoms with Gasteiger partial charge in [-0.25, -0.2) is 0 Å². The van der Waals surface area contributed by atoms with Crippen LogP contribution in [-0.2, 0) is 4.74 Å². The highest BCUT2D eigenvalue weighted by atomic mass is 35.5. The van der Waals surface area contributed by atoms with E-state index in [1.807, 2.05) is 18.2 Å². The summed E-state index contributed by atoms with van der Waals surface area (Å²) in [6.45, 7) is 1.07. The second kappa shape index (κ2) is 5.08. The van der Waals surface area contributed by atoms with Gasteiger partial charge in [0.15, 0.2) is 0 Å². The molecule has 1 saturated heterocycles. The third-order valence-corrected chi connectivity index (χ3v) is 4.22. The molecule has 0 aliphatic carbocycles. The molecule has 0 aromatic heterocycles. The van der Waals surface area contributed by atoms with Crippen molar-refractivity contribution in [2.45, 2.75) is 31.4 Å². The molecule has 0 amide bonds. The number of rotatable bonds is 3. The average Bonchev–Trinajstić information content (AvgIpc) is 2.86. The lowest BCUT2D eigenvalue weighted by molar-refractivity contribution is 0.0813. The lowest BCUT2D eigenvalue weighted by Gasteiger charge is -2.36. The molecule has 1 aromatic rings. The lowest BCUT2D eigenvalue weighted by atomic mass is 9.82. The van der Waals surface area contributed by atoms with Crippen LogP contribution in [0.1, 0.15) is 30.9 Å². The number of ether oxygens (including phenoxy) is 1. The SMILES string of the molecule is OCCC[C@H]1Nc2ccc(Cl)cc2[C@@H]2OCC[C@H]12. The van der Waals surface area contributed by atoms with Gasteiger partial charge in [-0.3, -0.25) is 0 Å². The van der Waals surface area contributed by atoms with Gasteiger partial charge in [-0.15, -0.1) is 0 Å². The van der Waals surface area contributed by atoms with Gasteiger partial charge in [0, 0.05) is 41.4 Å². The number of aliphatic hydroxyl groups excluding tert-OH is 1. The van der Waals surface area contributed by atoms with Gasteiger partial charge in [0.2, 0.25) is 0 Å². The largest absolute Gasteiger partial charge is 0.396 e. The Labute approximate surface area is 112 Å². The summed E-state index contributed by atoms with van der Waals surface area (Å²) in [6.07, 6.45) is 3.08. The first-order valence-electron chi connectivity index (χ1n) is 6.58. The first kappa shape index (κ1) is 12.3. The highest BCUT2D eigenvalue weighted by Gasteiger charge is 2.40. The first-order chi connectivity index (χ1) is 8.79. The normalized spacial score (nSPS) is 29.6. The maximum Gasteiger partial charge on any atom is 0.0893 e. The maximum atomic E-state index is 8.99. The Morgan fingerprint density at radius 2 is 2.33 bits per heavy atom. The smallest absolute Gasteiger partial charge is 0.0893 e. The van der Waals surface area contributed by atoms with E-state index in [0.29, 0.717) is 12.0 Å². The van der Waals surface area contributed by atoms with E-state index in [1.54, 1.807) is 0 Å². The molecule has 1 fully saturated rings. The van der Waals surface area contributed by atoms with E-state index in [4.69, 9.17) is 21.4 Å². The second-order valence-electron chi connectivity index (χ2n) is 5.09. The Hall–Kier alpha value is -0.770. The highest BCUT2D eigenvalue weighted by molar-refractivity contribution is 6.30. The summed E-state index contributed by atoms with van der Waals surface area (Å²) >= 11 is 6.07. The third kappa shape index (κ3) is 2.11. The molecule has 2 aliphatic heterocycles. The molecule has 1 aromatic carbocycles. The fourth-order valence-corrected chi connectivity index (χ4v) is 3.32. The summed E-state index contributed by atoms with van der Waals surface area (Å²) in [6, 6.07) is 6.35. The standard InChI is InChI=1S/C14H18ClNO2/c15-9-3-4-13-11(8-9)14-10(5-7-18-14)12(16-13)2-1-6-17/h3-4,8,10,12,14,16-17H,1-2,5-7H2/t10-,12-,14-/m1/s1. The summed E-state index contributed by atoms with van der Waals surface area (Å²) in [5.41, 5.74) is 2.32. The number of benzene rings is 1. The van der Waals surface area contributed by atoms with E-state index < -0.39 is 0 Å². The molecule has 0 spiro atoms. The fraction of sp³-hybridized carbons (Fsp3) is 0.571. The summed E-state index contributed by atoms with van der Waals surface area (Å²) < 4.78 is 5.89. The maximum absolute atomic E-state index is 8.99. The molecule has 2 aliphatic rings. The summed E-state index contributed by atoms with van der Waals surface area (Å²) in [4.78, 5) is 0.